The monoisotopic (exact) mass is 573 g/mol. The van der Waals surface area contributed by atoms with Crippen LogP contribution in [-0.4, -0.2) is 18.5 Å². The lowest BCUT2D eigenvalue weighted by atomic mass is 9.99. The number of hydrogen-bond donors (Lipinski definition) is 0. The minimum absolute atomic E-state index is 0.642. The van der Waals surface area contributed by atoms with Crippen LogP contribution in [0.5, 0.6) is 0 Å². The third-order valence-electron chi connectivity index (χ3n) is 9.22. The van der Waals surface area contributed by atoms with Gasteiger partial charge in [-0.1, -0.05) is 84.9 Å². The van der Waals surface area contributed by atoms with Crippen molar-refractivity contribution in [1.82, 2.24) is 18.5 Å². The molecule has 45 heavy (non-hydrogen) atoms. The zero-order chi connectivity index (χ0) is 29.6. The van der Waals surface area contributed by atoms with Crippen LogP contribution in [0.1, 0.15) is 5.56 Å². The van der Waals surface area contributed by atoms with Crippen molar-refractivity contribution in [1.29, 1.82) is 5.26 Å². The maximum absolute atomic E-state index is 9.75. The fraction of sp³-hybridized carbons (Fsp3) is 0. The Morgan fingerprint density at radius 3 is 1.93 bits per heavy atom. The molecule has 0 bridgehead atoms. The Kier molecular flexibility index (Phi) is 4.73. The second-order valence-corrected chi connectivity index (χ2v) is 11.6. The number of nitrogens with zero attached hydrogens (tertiary/aromatic N) is 5. The van der Waals surface area contributed by atoms with Crippen LogP contribution in [0.3, 0.4) is 0 Å². The topological polar surface area (TPSA) is 50.9 Å². The molecule has 208 valence electrons. The first-order chi connectivity index (χ1) is 22.3. The molecule has 0 N–H and O–H groups in total. The summed E-state index contributed by atoms with van der Waals surface area (Å²) >= 11 is 0. The second kappa shape index (κ2) is 8.82. The van der Waals surface area contributed by atoms with Gasteiger partial charge < -0.3 is 4.57 Å². The van der Waals surface area contributed by atoms with E-state index in [2.05, 4.69) is 141 Å². The lowest BCUT2D eigenvalue weighted by Gasteiger charge is -2.12. The van der Waals surface area contributed by atoms with E-state index in [1.54, 1.807) is 0 Å². The van der Waals surface area contributed by atoms with E-state index in [1.165, 1.54) is 21.5 Å². The van der Waals surface area contributed by atoms with Gasteiger partial charge in [0.1, 0.15) is 0 Å². The number of rotatable bonds is 2. The first kappa shape index (κ1) is 24.1. The van der Waals surface area contributed by atoms with E-state index in [-0.39, 0.29) is 0 Å². The van der Waals surface area contributed by atoms with Crippen molar-refractivity contribution in [2.45, 2.75) is 0 Å². The molecule has 0 aliphatic heterocycles. The maximum Gasteiger partial charge on any atom is 0.220 e. The predicted octanol–water partition coefficient (Wildman–Crippen LogP) is 9.71. The Hall–Kier alpha value is -6.38. The van der Waals surface area contributed by atoms with Gasteiger partial charge in [0.25, 0.3) is 0 Å². The Morgan fingerprint density at radius 2 is 1.16 bits per heavy atom. The highest BCUT2D eigenvalue weighted by Gasteiger charge is 2.23. The lowest BCUT2D eigenvalue weighted by molar-refractivity contribution is 1.11. The van der Waals surface area contributed by atoms with Gasteiger partial charge in [0.15, 0.2) is 0 Å². The molecule has 0 aliphatic rings. The third-order valence-corrected chi connectivity index (χ3v) is 9.22. The molecule has 0 fully saturated rings. The summed E-state index contributed by atoms with van der Waals surface area (Å²) < 4.78 is 6.92. The van der Waals surface area contributed by atoms with E-state index in [0.717, 1.165) is 61.0 Å². The molecule has 0 saturated carbocycles. The van der Waals surface area contributed by atoms with E-state index >= 15 is 0 Å². The maximum atomic E-state index is 9.75. The Labute approximate surface area is 257 Å². The normalized spacial score (nSPS) is 12.0. The second-order valence-electron chi connectivity index (χ2n) is 11.6. The highest BCUT2D eigenvalue weighted by atomic mass is 15.2. The molecule has 0 spiro atoms. The number of hydrogen-bond acceptors (Lipinski definition) is 2. The summed E-state index contributed by atoms with van der Waals surface area (Å²) in [5.74, 6) is 0.880. The minimum atomic E-state index is 0.642. The van der Waals surface area contributed by atoms with E-state index in [4.69, 9.17) is 4.98 Å². The Morgan fingerprint density at radius 1 is 0.467 bits per heavy atom. The smallest absolute Gasteiger partial charge is 0.220 e. The van der Waals surface area contributed by atoms with Crippen LogP contribution >= 0.6 is 0 Å². The molecule has 0 saturated heterocycles. The standard InChI is InChI=1S/C40H23N5/c41-24-25-18-20-30-33-23-27(19-21-35(33)43(37(30)22-25)26-10-2-1-3-11-26)44-38-31-14-6-4-12-28(31)29-13-5-7-15-32(29)39(38)45-36-17-9-8-16-34(36)42-40(44)45/h1-23H. The number of para-hydroxylation sites is 3. The highest BCUT2D eigenvalue weighted by molar-refractivity contribution is 6.25. The lowest BCUT2D eigenvalue weighted by Crippen LogP contribution is -1.97. The number of benzene rings is 7. The summed E-state index contributed by atoms with van der Waals surface area (Å²) in [5, 5.41) is 16.8. The SMILES string of the molecule is N#Cc1ccc2c3cc(-n4c5c6ccccc6c6ccccc6c5n5c6ccccc6nc45)ccc3n(-c3ccccc3)c2c1. The van der Waals surface area contributed by atoms with Gasteiger partial charge in [0.05, 0.1) is 44.7 Å². The molecule has 0 unspecified atom stereocenters. The molecule has 7 aromatic carbocycles. The summed E-state index contributed by atoms with van der Waals surface area (Å²) in [5.41, 5.74) is 9.18. The largest absolute Gasteiger partial charge is 0.309 e. The first-order valence-electron chi connectivity index (χ1n) is 15.1. The molecule has 3 aromatic heterocycles. The van der Waals surface area contributed by atoms with Crippen LogP contribution in [0.25, 0.3) is 82.6 Å². The summed E-state index contributed by atoms with van der Waals surface area (Å²) in [4.78, 5) is 5.24. The summed E-state index contributed by atoms with van der Waals surface area (Å²) in [7, 11) is 0. The van der Waals surface area contributed by atoms with Crippen molar-refractivity contribution in [3.63, 3.8) is 0 Å². The van der Waals surface area contributed by atoms with Crippen molar-refractivity contribution in [2.75, 3.05) is 0 Å². The van der Waals surface area contributed by atoms with Crippen LogP contribution in [-0.2, 0) is 0 Å². The molecule has 0 atom stereocenters. The molecule has 0 aliphatic carbocycles. The quantitative estimate of drug-likeness (QED) is 0.193. The molecule has 10 rings (SSSR count). The third kappa shape index (κ3) is 3.17. The van der Waals surface area contributed by atoms with Crippen LogP contribution in [0, 0.1) is 11.3 Å². The molecular weight excluding hydrogens is 550 g/mol. The van der Waals surface area contributed by atoms with Crippen molar-refractivity contribution in [3.8, 4) is 17.4 Å². The van der Waals surface area contributed by atoms with Crippen molar-refractivity contribution >= 4 is 71.2 Å². The fourth-order valence-electron chi connectivity index (χ4n) is 7.36. The average Bonchev–Trinajstić information content (AvgIpc) is 3.75. The molecule has 0 amide bonds. The van der Waals surface area contributed by atoms with Gasteiger partial charge in [-0.15, -0.1) is 0 Å². The molecule has 5 heteroatoms. The van der Waals surface area contributed by atoms with Gasteiger partial charge >= 0.3 is 0 Å². The van der Waals surface area contributed by atoms with Gasteiger partial charge in [-0.3, -0.25) is 8.97 Å². The van der Waals surface area contributed by atoms with Crippen LogP contribution < -0.4 is 0 Å². The van der Waals surface area contributed by atoms with Crippen molar-refractivity contribution in [3.05, 3.63) is 145 Å². The van der Waals surface area contributed by atoms with Crippen molar-refractivity contribution in [2.24, 2.45) is 0 Å². The van der Waals surface area contributed by atoms with Crippen molar-refractivity contribution < 1.29 is 0 Å². The van der Waals surface area contributed by atoms with Crippen LogP contribution in [0.2, 0.25) is 0 Å². The van der Waals surface area contributed by atoms with Gasteiger partial charge in [0, 0.05) is 32.9 Å². The van der Waals surface area contributed by atoms with Gasteiger partial charge in [0.2, 0.25) is 5.78 Å². The fourth-order valence-corrected chi connectivity index (χ4v) is 7.36. The van der Waals surface area contributed by atoms with E-state index in [0.29, 0.717) is 5.56 Å². The first-order valence-corrected chi connectivity index (χ1v) is 15.1. The molecule has 10 aromatic rings. The Bertz CT molecular complexity index is 2880. The van der Waals surface area contributed by atoms with Gasteiger partial charge in [-0.2, -0.15) is 5.26 Å². The predicted molar refractivity (Wildman–Crippen MR) is 184 cm³/mol. The summed E-state index contributed by atoms with van der Waals surface area (Å²) in [6.07, 6.45) is 0. The molecule has 5 nitrogen and oxygen atoms in total. The summed E-state index contributed by atoms with van der Waals surface area (Å²) in [6, 6.07) is 51.1. The zero-order valence-electron chi connectivity index (χ0n) is 24.0. The molecule has 0 radical (unpaired) electrons. The zero-order valence-corrected chi connectivity index (χ0v) is 24.0. The number of aromatic nitrogens is 4. The Balaban J connectivity index is 1.40. The highest BCUT2D eigenvalue weighted by Crippen LogP contribution is 2.41. The van der Waals surface area contributed by atoms with Gasteiger partial charge in [-0.05, 0) is 65.4 Å². The summed E-state index contributed by atoms with van der Waals surface area (Å²) in [6.45, 7) is 0. The van der Waals surface area contributed by atoms with E-state index < -0.39 is 0 Å². The molecular formula is C40H23N5. The number of imidazole rings is 2. The number of fused-ring (bicyclic) bond motifs is 13. The minimum Gasteiger partial charge on any atom is -0.309 e. The molecule has 3 heterocycles. The van der Waals surface area contributed by atoms with Gasteiger partial charge in [-0.25, -0.2) is 4.98 Å². The van der Waals surface area contributed by atoms with E-state index in [1.807, 2.05) is 18.2 Å². The number of nitriles is 1. The van der Waals surface area contributed by atoms with E-state index in [9.17, 15) is 5.26 Å². The van der Waals surface area contributed by atoms with Crippen LogP contribution in [0.4, 0.5) is 0 Å². The van der Waals surface area contributed by atoms with Crippen LogP contribution in [0.15, 0.2) is 140 Å². The average molecular weight is 574 g/mol.